The van der Waals surface area contributed by atoms with Crippen LogP contribution in [-0.2, 0) is 14.6 Å². The predicted octanol–water partition coefficient (Wildman–Crippen LogP) is 4.21. The lowest BCUT2D eigenvalue weighted by Crippen LogP contribution is -2.58. The molecule has 0 saturated heterocycles. The zero-order chi connectivity index (χ0) is 27.1. The minimum Gasteiger partial charge on any atom is -0.444 e. The Hall–Kier alpha value is -3.05. The van der Waals surface area contributed by atoms with E-state index in [0.717, 1.165) is 18.2 Å². The second-order valence-electron chi connectivity index (χ2n) is 10.2. The third-order valence-corrected chi connectivity index (χ3v) is 8.83. The maximum Gasteiger partial charge on any atom is 0.413 e. The first-order chi connectivity index (χ1) is 16.5. The maximum atomic E-state index is 15.0. The molecule has 11 heteroatoms. The quantitative estimate of drug-likeness (QED) is 0.515. The zero-order valence-corrected chi connectivity index (χ0v) is 21.6. The number of carbonyl (C=O) groups excluding carboxylic acids is 1. The summed E-state index contributed by atoms with van der Waals surface area (Å²) in [5.41, 5.74) is 5.37. The normalized spacial score (nSPS) is 21.8. The fourth-order valence-corrected chi connectivity index (χ4v) is 6.11. The summed E-state index contributed by atoms with van der Waals surface area (Å²) in [6.07, 6.45) is -2.59. The van der Waals surface area contributed by atoms with Crippen molar-refractivity contribution in [1.82, 2.24) is 5.32 Å². The Morgan fingerprint density at radius 2 is 1.81 bits per heavy atom. The highest BCUT2D eigenvalue weighted by atomic mass is 32.2. The molecule has 0 aliphatic carbocycles. The number of alkyl carbamates (subject to hydrolysis) is 1. The topological polar surface area (TPSA) is 131 Å². The Morgan fingerprint density at radius 3 is 2.39 bits per heavy atom. The van der Waals surface area contributed by atoms with Gasteiger partial charge < -0.3 is 15.6 Å². The number of hydrogen-bond donors (Lipinski definition) is 3. The Morgan fingerprint density at radius 1 is 1.19 bits per heavy atom. The molecular formula is C25H31F2N3O5S. The standard InChI is InChI=1S/C25H31F2N3O5S/c1-24(2,3)35-23(32)30-22-25(4,5)36(33,34)20(13-19(31)14-6-8-15(26)9-7-14)21(29-22)17-12-16(28)10-11-18(17)27/h6-12,19-21,31H,13,28H2,1-5H3,(H,29,30,32). The molecule has 0 bridgehead atoms. The summed E-state index contributed by atoms with van der Waals surface area (Å²) in [6, 6.07) is 7.34. The van der Waals surface area contributed by atoms with E-state index in [-0.39, 0.29) is 29.1 Å². The van der Waals surface area contributed by atoms with E-state index < -0.39 is 55.3 Å². The second kappa shape index (κ2) is 9.78. The Kier molecular flexibility index (Phi) is 7.48. The number of anilines is 1. The number of aliphatic imine (C=N–C) groups is 1. The average molecular weight is 524 g/mol. The van der Waals surface area contributed by atoms with Crippen LogP contribution in [0.5, 0.6) is 0 Å². The molecule has 1 heterocycles. The molecule has 36 heavy (non-hydrogen) atoms. The number of rotatable bonds is 4. The van der Waals surface area contributed by atoms with Crippen LogP contribution in [0.15, 0.2) is 47.5 Å². The number of nitrogen functional groups attached to an aromatic ring is 1. The van der Waals surface area contributed by atoms with E-state index in [1.54, 1.807) is 20.8 Å². The van der Waals surface area contributed by atoms with Crippen LogP contribution in [0.4, 0.5) is 19.3 Å². The van der Waals surface area contributed by atoms with Crippen molar-refractivity contribution in [3.8, 4) is 0 Å². The number of amidine groups is 1. The van der Waals surface area contributed by atoms with Gasteiger partial charge in [0.1, 0.15) is 27.8 Å². The first kappa shape index (κ1) is 27.5. The third-order valence-electron chi connectivity index (χ3n) is 5.97. The monoisotopic (exact) mass is 523 g/mol. The molecule has 2 aromatic carbocycles. The molecule has 8 nitrogen and oxygen atoms in total. The first-order valence-electron chi connectivity index (χ1n) is 11.3. The smallest absolute Gasteiger partial charge is 0.413 e. The fraction of sp³-hybridized carbons (Fsp3) is 0.440. The lowest BCUT2D eigenvalue weighted by molar-refractivity contribution is 0.0560. The number of halogens is 2. The highest BCUT2D eigenvalue weighted by molar-refractivity contribution is 7.94. The first-order valence-corrected chi connectivity index (χ1v) is 12.9. The van der Waals surface area contributed by atoms with Gasteiger partial charge >= 0.3 is 6.09 Å². The Labute approximate surface area is 209 Å². The van der Waals surface area contributed by atoms with Crippen molar-refractivity contribution >= 4 is 27.5 Å². The predicted molar refractivity (Wildman–Crippen MR) is 133 cm³/mol. The van der Waals surface area contributed by atoms with Crippen molar-refractivity contribution in [2.75, 3.05) is 5.73 Å². The average Bonchev–Trinajstić information content (AvgIpc) is 2.75. The van der Waals surface area contributed by atoms with Gasteiger partial charge in [-0.2, -0.15) is 0 Å². The summed E-state index contributed by atoms with van der Waals surface area (Å²) >= 11 is 0. The Bertz CT molecular complexity index is 1270. The second-order valence-corrected chi connectivity index (χ2v) is 12.9. The van der Waals surface area contributed by atoms with Gasteiger partial charge in [0, 0.05) is 11.3 Å². The van der Waals surface area contributed by atoms with Gasteiger partial charge in [-0.05, 0) is 76.9 Å². The van der Waals surface area contributed by atoms with Gasteiger partial charge in [-0.3, -0.25) is 10.3 Å². The summed E-state index contributed by atoms with van der Waals surface area (Å²) < 4.78 is 59.7. The van der Waals surface area contributed by atoms with Gasteiger partial charge in [0.05, 0.1) is 17.4 Å². The molecule has 1 amide bonds. The minimum absolute atomic E-state index is 0.103. The molecule has 0 aromatic heterocycles. The van der Waals surface area contributed by atoms with E-state index in [4.69, 9.17) is 10.5 Å². The van der Waals surface area contributed by atoms with Crippen molar-refractivity contribution in [3.63, 3.8) is 0 Å². The summed E-state index contributed by atoms with van der Waals surface area (Å²) in [7, 11) is -4.22. The summed E-state index contributed by atoms with van der Waals surface area (Å²) in [5.74, 6) is -1.48. The lowest BCUT2D eigenvalue weighted by Gasteiger charge is -2.40. The highest BCUT2D eigenvalue weighted by Gasteiger charge is 2.53. The number of nitrogens with two attached hydrogens (primary N) is 1. The minimum atomic E-state index is -4.22. The van der Waals surface area contributed by atoms with Gasteiger partial charge in [-0.1, -0.05) is 12.1 Å². The van der Waals surface area contributed by atoms with Crippen molar-refractivity contribution in [2.45, 2.75) is 68.8 Å². The summed E-state index contributed by atoms with van der Waals surface area (Å²) in [4.78, 5) is 17.0. The fourth-order valence-electron chi connectivity index (χ4n) is 4.00. The number of nitrogens with one attached hydrogen (secondary N) is 1. The van der Waals surface area contributed by atoms with Gasteiger partial charge in [-0.25, -0.2) is 22.0 Å². The number of carbonyl (C=O) groups is 1. The molecular weight excluding hydrogens is 492 g/mol. The largest absolute Gasteiger partial charge is 0.444 e. The number of hydrogen-bond acceptors (Lipinski definition) is 7. The molecule has 1 aliphatic heterocycles. The van der Waals surface area contributed by atoms with Gasteiger partial charge in [-0.15, -0.1) is 0 Å². The van der Waals surface area contributed by atoms with Crippen molar-refractivity contribution < 1.29 is 31.8 Å². The number of sulfone groups is 1. The van der Waals surface area contributed by atoms with E-state index in [9.17, 15) is 27.1 Å². The zero-order valence-electron chi connectivity index (χ0n) is 20.7. The van der Waals surface area contributed by atoms with E-state index in [0.29, 0.717) is 0 Å². The lowest BCUT2D eigenvalue weighted by atomic mass is 9.95. The number of aliphatic hydroxyl groups is 1. The maximum absolute atomic E-state index is 15.0. The molecule has 1 aliphatic rings. The van der Waals surface area contributed by atoms with Crippen molar-refractivity contribution in [2.24, 2.45) is 4.99 Å². The van der Waals surface area contributed by atoms with Gasteiger partial charge in [0.15, 0.2) is 9.84 Å². The number of benzene rings is 2. The molecule has 3 atom stereocenters. The van der Waals surface area contributed by atoms with Crippen LogP contribution in [-0.4, -0.2) is 41.1 Å². The van der Waals surface area contributed by atoms with Gasteiger partial charge in [0.2, 0.25) is 0 Å². The van der Waals surface area contributed by atoms with E-state index in [2.05, 4.69) is 10.3 Å². The number of aliphatic hydroxyl groups excluding tert-OH is 1. The van der Waals surface area contributed by atoms with Crippen LogP contribution in [0.25, 0.3) is 0 Å². The number of nitrogens with zero attached hydrogens (tertiary/aromatic N) is 1. The van der Waals surface area contributed by atoms with Crippen LogP contribution in [0.2, 0.25) is 0 Å². The van der Waals surface area contributed by atoms with Crippen LogP contribution >= 0.6 is 0 Å². The van der Waals surface area contributed by atoms with Crippen LogP contribution in [0.3, 0.4) is 0 Å². The molecule has 2 aromatic rings. The van der Waals surface area contributed by atoms with E-state index >= 15 is 0 Å². The van der Waals surface area contributed by atoms with Gasteiger partial charge in [0.25, 0.3) is 0 Å². The van der Waals surface area contributed by atoms with E-state index in [1.807, 2.05) is 0 Å². The molecule has 0 radical (unpaired) electrons. The molecule has 0 saturated carbocycles. The molecule has 3 rings (SSSR count). The van der Waals surface area contributed by atoms with Crippen molar-refractivity contribution in [3.05, 3.63) is 65.2 Å². The van der Waals surface area contributed by atoms with Crippen LogP contribution < -0.4 is 11.1 Å². The molecule has 4 N–H and O–H groups in total. The molecule has 0 fully saturated rings. The SMILES string of the molecule is CC(C)(C)OC(=O)NC1=NC(c2cc(N)ccc2F)C(CC(O)c2ccc(F)cc2)S(=O)(=O)C1(C)C. The van der Waals surface area contributed by atoms with E-state index in [1.165, 1.54) is 38.1 Å². The van der Waals surface area contributed by atoms with Crippen molar-refractivity contribution in [1.29, 1.82) is 0 Å². The molecule has 196 valence electrons. The summed E-state index contributed by atoms with van der Waals surface area (Å²) in [6.45, 7) is 7.67. The number of ether oxygens (including phenoxy) is 1. The summed E-state index contributed by atoms with van der Waals surface area (Å²) in [5, 5.41) is 11.9. The third kappa shape index (κ3) is 5.67. The molecule has 0 spiro atoms. The Balaban J connectivity index is 2.12. The van der Waals surface area contributed by atoms with Crippen LogP contribution in [0.1, 0.15) is 64.3 Å². The highest BCUT2D eigenvalue weighted by Crippen LogP contribution is 2.43. The molecule has 3 unspecified atom stereocenters. The van der Waals surface area contributed by atoms with Crippen LogP contribution in [0, 0.1) is 11.6 Å². The number of amides is 1.